The second-order valence-corrected chi connectivity index (χ2v) is 7.42. The predicted molar refractivity (Wildman–Crippen MR) is 114 cm³/mol. The van der Waals surface area contributed by atoms with Gasteiger partial charge in [-0.3, -0.25) is 14.9 Å². The van der Waals surface area contributed by atoms with Gasteiger partial charge in [0.1, 0.15) is 0 Å². The molecule has 28 heavy (non-hydrogen) atoms. The van der Waals surface area contributed by atoms with E-state index in [0.717, 1.165) is 10.4 Å². The van der Waals surface area contributed by atoms with Crippen LogP contribution in [0.2, 0.25) is 0 Å². The summed E-state index contributed by atoms with van der Waals surface area (Å²) in [7, 11) is 1.59. The number of nitrogens with one attached hydrogen (secondary N) is 3. The Morgan fingerprint density at radius 2 is 1.71 bits per heavy atom. The van der Waals surface area contributed by atoms with Crippen LogP contribution in [0.1, 0.15) is 32.4 Å². The van der Waals surface area contributed by atoms with E-state index in [0.29, 0.717) is 11.3 Å². The third-order valence-corrected chi connectivity index (χ3v) is 5.30. The molecule has 1 heterocycles. The highest BCUT2D eigenvalue weighted by molar-refractivity contribution is 7.10. The topological polar surface area (TPSA) is 70.2 Å². The molecule has 1 aromatic heterocycles. The molecule has 144 valence electrons. The van der Waals surface area contributed by atoms with Crippen molar-refractivity contribution in [3.8, 4) is 0 Å². The fraction of sp³-hybridized carbons (Fsp3) is 0.182. The number of thiophene rings is 1. The highest BCUT2D eigenvalue weighted by Crippen LogP contribution is 2.26. The summed E-state index contributed by atoms with van der Waals surface area (Å²) < 4.78 is 0. The molecule has 2 amide bonds. The first-order valence-electron chi connectivity index (χ1n) is 9.02. The van der Waals surface area contributed by atoms with E-state index in [1.807, 2.05) is 11.4 Å². The molecular weight excluding hydrogens is 370 g/mol. The zero-order chi connectivity index (χ0) is 19.9. The molecule has 0 saturated heterocycles. The van der Waals surface area contributed by atoms with Gasteiger partial charge in [0, 0.05) is 23.2 Å². The number of anilines is 1. The van der Waals surface area contributed by atoms with Crippen molar-refractivity contribution in [2.75, 3.05) is 18.9 Å². The monoisotopic (exact) mass is 393 g/mol. The lowest BCUT2D eigenvalue weighted by Crippen LogP contribution is -2.31. The molecule has 0 bridgehead atoms. The summed E-state index contributed by atoms with van der Waals surface area (Å²) in [4.78, 5) is 25.1. The van der Waals surface area contributed by atoms with E-state index in [1.54, 1.807) is 42.6 Å². The zero-order valence-electron chi connectivity index (χ0n) is 15.9. The minimum Gasteiger partial charge on any atom is -0.355 e. The molecule has 0 aliphatic rings. The fourth-order valence-electron chi connectivity index (χ4n) is 2.85. The van der Waals surface area contributed by atoms with Crippen molar-refractivity contribution >= 4 is 28.8 Å². The number of hydrogen-bond acceptors (Lipinski definition) is 4. The Balaban J connectivity index is 1.64. The van der Waals surface area contributed by atoms with Gasteiger partial charge in [-0.25, -0.2) is 0 Å². The number of aryl methyl sites for hydroxylation is 1. The van der Waals surface area contributed by atoms with Crippen molar-refractivity contribution in [2.45, 2.75) is 13.0 Å². The van der Waals surface area contributed by atoms with E-state index >= 15 is 0 Å². The minimum atomic E-state index is -0.156. The van der Waals surface area contributed by atoms with Gasteiger partial charge in [-0.05, 0) is 48.2 Å². The molecule has 0 aliphatic heterocycles. The van der Waals surface area contributed by atoms with Gasteiger partial charge in [0.05, 0.1) is 12.6 Å². The first-order valence-corrected chi connectivity index (χ1v) is 9.90. The maximum atomic E-state index is 12.4. The number of amides is 2. The largest absolute Gasteiger partial charge is 0.355 e. The summed E-state index contributed by atoms with van der Waals surface area (Å²) in [5.74, 6) is -0.294. The third-order valence-electron chi connectivity index (χ3n) is 4.36. The lowest BCUT2D eigenvalue weighted by atomic mass is 10.0. The molecule has 0 fully saturated rings. The fourth-order valence-corrected chi connectivity index (χ4v) is 3.67. The highest BCUT2D eigenvalue weighted by Gasteiger charge is 2.16. The summed E-state index contributed by atoms with van der Waals surface area (Å²) in [5, 5.41) is 10.8. The number of carbonyl (C=O) groups is 2. The van der Waals surface area contributed by atoms with Crippen molar-refractivity contribution in [3.05, 3.63) is 87.6 Å². The quantitative estimate of drug-likeness (QED) is 0.573. The molecule has 2 aromatic carbocycles. The number of benzene rings is 2. The SMILES string of the molecule is CNC(=O)c1ccc(NC(=O)CN[C@H](c2ccc(C)cc2)c2cccs2)cc1. The molecule has 0 aliphatic carbocycles. The average molecular weight is 394 g/mol. The van der Waals surface area contributed by atoms with Gasteiger partial charge >= 0.3 is 0 Å². The molecule has 3 N–H and O–H groups in total. The van der Waals surface area contributed by atoms with E-state index in [-0.39, 0.29) is 24.4 Å². The molecule has 0 unspecified atom stereocenters. The van der Waals surface area contributed by atoms with Crippen LogP contribution in [0.15, 0.2) is 66.0 Å². The number of carbonyl (C=O) groups excluding carboxylic acids is 2. The van der Waals surface area contributed by atoms with E-state index in [2.05, 4.69) is 53.2 Å². The average Bonchev–Trinajstić information content (AvgIpc) is 3.24. The smallest absolute Gasteiger partial charge is 0.251 e. The van der Waals surface area contributed by atoms with Crippen LogP contribution in [0.5, 0.6) is 0 Å². The van der Waals surface area contributed by atoms with Gasteiger partial charge in [-0.2, -0.15) is 0 Å². The van der Waals surface area contributed by atoms with E-state index in [4.69, 9.17) is 0 Å². The Hall–Kier alpha value is -2.96. The van der Waals surface area contributed by atoms with Crippen molar-refractivity contribution in [2.24, 2.45) is 0 Å². The summed E-state index contributed by atoms with van der Waals surface area (Å²) >= 11 is 1.66. The molecule has 1 atom stereocenters. The number of rotatable bonds is 7. The minimum absolute atomic E-state index is 0.0398. The van der Waals surface area contributed by atoms with Gasteiger partial charge < -0.3 is 10.6 Å². The Morgan fingerprint density at radius 1 is 1.00 bits per heavy atom. The van der Waals surface area contributed by atoms with Crippen LogP contribution in [-0.2, 0) is 4.79 Å². The van der Waals surface area contributed by atoms with Crippen LogP contribution in [0.4, 0.5) is 5.69 Å². The van der Waals surface area contributed by atoms with Crippen molar-refractivity contribution in [1.29, 1.82) is 0 Å². The van der Waals surface area contributed by atoms with Gasteiger partial charge in [0.2, 0.25) is 5.91 Å². The molecule has 6 heteroatoms. The second-order valence-electron chi connectivity index (χ2n) is 6.44. The number of hydrogen-bond donors (Lipinski definition) is 3. The summed E-state index contributed by atoms with van der Waals surface area (Å²) in [6.45, 7) is 2.23. The molecule has 0 saturated carbocycles. The molecule has 3 rings (SSSR count). The standard InChI is InChI=1S/C22H23N3O2S/c1-15-5-7-16(8-6-15)21(19-4-3-13-28-19)24-14-20(26)25-18-11-9-17(10-12-18)22(27)23-2/h3-13,21,24H,14H2,1-2H3,(H,23,27)(H,25,26)/t21-/m1/s1. The van der Waals surface area contributed by atoms with Crippen molar-refractivity contribution < 1.29 is 9.59 Å². The molecule has 0 radical (unpaired) electrons. The first-order chi connectivity index (χ1) is 13.6. The maximum Gasteiger partial charge on any atom is 0.251 e. The van der Waals surface area contributed by atoms with E-state index in [9.17, 15) is 9.59 Å². The summed E-state index contributed by atoms with van der Waals surface area (Å²) in [6, 6.07) is 19.2. The molecule has 0 spiro atoms. The van der Waals surface area contributed by atoms with Crippen LogP contribution < -0.4 is 16.0 Å². The van der Waals surface area contributed by atoms with Crippen LogP contribution in [0, 0.1) is 6.92 Å². The van der Waals surface area contributed by atoms with E-state index in [1.165, 1.54) is 5.56 Å². The van der Waals surface area contributed by atoms with Gasteiger partial charge in [0.25, 0.3) is 5.91 Å². The van der Waals surface area contributed by atoms with Crippen LogP contribution >= 0.6 is 11.3 Å². The molecule has 3 aromatic rings. The van der Waals surface area contributed by atoms with Gasteiger partial charge in [-0.15, -0.1) is 11.3 Å². The van der Waals surface area contributed by atoms with Gasteiger partial charge in [0.15, 0.2) is 0 Å². The van der Waals surface area contributed by atoms with Crippen LogP contribution in [0.25, 0.3) is 0 Å². The molecule has 5 nitrogen and oxygen atoms in total. The van der Waals surface area contributed by atoms with E-state index < -0.39 is 0 Å². The van der Waals surface area contributed by atoms with Gasteiger partial charge in [-0.1, -0.05) is 35.9 Å². The van der Waals surface area contributed by atoms with Crippen LogP contribution in [0.3, 0.4) is 0 Å². The summed E-state index contributed by atoms with van der Waals surface area (Å²) in [5.41, 5.74) is 3.53. The molecular formula is C22H23N3O2S. The van der Waals surface area contributed by atoms with Crippen molar-refractivity contribution in [3.63, 3.8) is 0 Å². The third kappa shape index (κ3) is 5.06. The normalized spacial score (nSPS) is 11.6. The Morgan fingerprint density at radius 3 is 2.32 bits per heavy atom. The van der Waals surface area contributed by atoms with Crippen molar-refractivity contribution in [1.82, 2.24) is 10.6 Å². The predicted octanol–water partition coefficient (Wildman–Crippen LogP) is 3.73. The maximum absolute atomic E-state index is 12.4. The first kappa shape index (κ1) is 19.8. The highest BCUT2D eigenvalue weighted by atomic mass is 32.1. The second kappa shape index (κ2) is 9.30. The lowest BCUT2D eigenvalue weighted by molar-refractivity contribution is -0.115. The lowest BCUT2D eigenvalue weighted by Gasteiger charge is -2.18. The Bertz CT molecular complexity index is 919. The van der Waals surface area contributed by atoms with Crippen LogP contribution in [-0.4, -0.2) is 25.4 Å². The Kier molecular flexibility index (Phi) is 6.57. The zero-order valence-corrected chi connectivity index (χ0v) is 16.7. The summed E-state index contributed by atoms with van der Waals surface area (Å²) in [6.07, 6.45) is 0. The Labute approximate surface area is 168 Å².